The van der Waals surface area contributed by atoms with Gasteiger partial charge in [0, 0.05) is 37.7 Å². The molecule has 1 fully saturated rings. The average molecular weight is 422 g/mol. The number of hydrogen-bond acceptors (Lipinski definition) is 4. The monoisotopic (exact) mass is 421 g/mol. The summed E-state index contributed by atoms with van der Waals surface area (Å²) in [4.78, 5) is 25.8. The summed E-state index contributed by atoms with van der Waals surface area (Å²) in [5.41, 5.74) is 1.62. The van der Waals surface area contributed by atoms with Crippen LogP contribution in [0.15, 0.2) is 23.1 Å². The van der Waals surface area contributed by atoms with Crippen LogP contribution in [-0.2, 0) is 26.0 Å². The van der Waals surface area contributed by atoms with Crippen LogP contribution in [-0.4, -0.2) is 38.9 Å². The highest BCUT2D eigenvalue weighted by Crippen LogP contribution is 2.33. The van der Waals surface area contributed by atoms with E-state index in [1.807, 2.05) is 6.92 Å². The number of sulfonamides is 1. The molecule has 0 spiro atoms. The van der Waals surface area contributed by atoms with Crippen LogP contribution in [0.5, 0.6) is 0 Å². The van der Waals surface area contributed by atoms with E-state index in [2.05, 4.69) is 17.0 Å². The minimum absolute atomic E-state index is 0.0138. The number of nitrogens with zero attached hydrogens (tertiary/aromatic N) is 1. The standard InChI is InChI=1S/C21H31N3O4S/c1-14-4-6-18(7-5-14)23-21(26)10-11-22-29(27,28)19-8-9-20-17(13-19)12-15(2)24(20)16(3)25/h8-9,13-15,18,22H,4-7,10-12H2,1-3H3,(H,23,26)/t14?,15-,18?/m1/s1. The summed E-state index contributed by atoms with van der Waals surface area (Å²) in [6.07, 6.45) is 4.96. The summed E-state index contributed by atoms with van der Waals surface area (Å²) >= 11 is 0. The van der Waals surface area contributed by atoms with E-state index in [4.69, 9.17) is 0 Å². The third-order valence-electron chi connectivity index (χ3n) is 5.94. The maximum atomic E-state index is 12.6. The zero-order chi connectivity index (χ0) is 21.2. The van der Waals surface area contributed by atoms with Gasteiger partial charge in [0.15, 0.2) is 0 Å². The van der Waals surface area contributed by atoms with Gasteiger partial charge >= 0.3 is 0 Å². The van der Waals surface area contributed by atoms with Crippen LogP contribution in [0.2, 0.25) is 0 Å². The SMILES string of the molecule is CC(=O)N1c2ccc(S(=O)(=O)NCCC(=O)NC3CCC(C)CC3)cc2C[C@H]1C. The van der Waals surface area contributed by atoms with Gasteiger partial charge in [0.25, 0.3) is 0 Å². The first-order valence-corrected chi connectivity index (χ1v) is 11.9. The van der Waals surface area contributed by atoms with Gasteiger partial charge in [-0.25, -0.2) is 13.1 Å². The van der Waals surface area contributed by atoms with Gasteiger partial charge in [0.2, 0.25) is 21.8 Å². The first-order chi connectivity index (χ1) is 13.7. The van der Waals surface area contributed by atoms with E-state index in [1.165, 1.54) is 13.0 Å². The van der Waals surface area contributed by atoms with E-state index in [9.17, 15) is 18.0 Å². The molecule has 0 unspecified atom stereocenters. The number of carbonyl (C=O) groups is 2. The van der Waals surface area contributed by atoms with Crippen LogP contribution in [0.25, 0.3) is 0 Å². The van der Waals surface area contributed by atoms with Gasteiger partial charge < -0.3 is 10.2 Å². The van der Waals surface area contributed by atoms with Crippen molar-refractivity contribution in [2.45, 2.75) is 76.3 Å². The van der Waals surface area contributed by atoms with Gasteiger partial charge in [-0.05, 0) is 68.7 Å². The zero-order valence-electron chi connectivity index (χ0n) is 17.4. The Hall–Kier alpha value is -1.93. The topological polar surface area (TPSA) is 95.6 Å². The fraction of sp³-hybridized carbons (Fsp3) is 0.619. The Balaban J connectivity index is 1.54. The molecule has 2 aliphatic rings. The van der Waals surface area contributed by atoms with Gasteiger partial charge in [0.05, 0.1) is 4.90 Å². The number of hydrogen-bond donors (Lipinski definition) is 2. The second-order valence-corrected chi connectivity index (χ2v) is 10.2. The molecule has 2 amide bonds. The highest BCUT2D eigenvalue weighted by molar-refractivity contribution is 7.89. The Morgan fingerprint density at radius 2 is 1.83 bits per heavy atom. The van der Waals surface area contributed by atoms with Crippen molar-refractivity contribution in [3.05, 3.63) is 23.8 Å². The van der Waals surface area contributed by atoms with E-state index in [1.54, 1.807) is 17.0 Å². The summed E-state index contributed by atoms with van der Waals surface area (Å²) in [6.45, 7) is 5.74. The Morgan fingerprint density at radius 3 is 2.48 bits per heavy atom. The summed E-state index contributed by atoms with van der Waals surface area (Å²) in [5.74, 6) is 0.545. The summed E-state index contributed by atoms with van der Waals surface area (Å²) in [6, 6.07) is 5.04. The molecular weight excluding hydrogens is 390 g/mol. The molecule has 3 rings (SSSR count). The van der Waals surface area contributed by atoms with Crippen LogP contribution in [0, 0.1) is 5.92 Å². The molecule has 8 heteroatoms. The molecule has 1 aromatic carbocycles. The van der Waals surface area contributed by atoms with Crippen molar-refractivity contribution in [3.63, 3.8) is 0 Å². The number of amides is 2. The van der Waals surface area contributed by atoms with Crippen molar-refractivity contribution in [2.24, 2.45) is 5.92 Å². The molecule has 0 saturated heterocycles. The van der Waals surface area contributed by atoms with E-state index in [0.717, 1.165) is 36.9 Å². The van der Waals surface area contributed by atoms with Crippen molar-refractivity contribution < 1.29 is 18.0 Å². The van der Waals surface area contributed by atoms with Gasteiger partial charge in [-0.2, -0.15) is 0 Å². The normalized spacial score (nSPS) is 24.2. The lowest BCUT2D eigenvalue weighted by Gasteiger charge is -2.26. The van der Waals surface area contributed by atoms with Crippen LogP contribution in [0.1, 0.15) is 58.4 Å². The molecule has 7 nitrogen and oxygen atoms in total. The van der Waals surface area contributed by atoms with Gasteiger partial charge in [-0.1, -0.05) is 6.92 Å². The third-order valence-corrected chi connectivity index (χ3v) is 7.40. The maximum absolute atomic E-state index is 12.6. The maximum Gasteiger partial charge on any atom is 0.240 e. The van der Waals surface area contributed by atoms with Gasteiger partial charge in [-0.15, -0.1) is 0 Å². The molecule has 1 aliphatic heterocycles. The molecule has 0 aromatic heterocycles. The highest BCUT2D eigenvalue weighted by atomic mass is 32.2. The number of nitrogens with one attached hydrogen (secondary N) is 2. The van der Waals surface area contributed by atoms with Crippen molar-refractivity contribution in [1.29, 1.82) is 0 Å². The van der Waals surface area contributed by atoms with Crippen LogP contribution >= 0.6 is 0 Å². The highest BCUT2D eigenvalue weighted by Gasteiger charge is 2.30. The summed E-state index contributed by atoms with van der Waals surface area (Å²) < 4.78 is 27.7. The average Bonchev–Trinajstić information content (AvgIpc) is 2.98. The lowest BCUT2D eigenvalue weighted by Crippen LogP contribution is -2.39. The molecule has 2 N–H and O–H groups in total. The molecule has 1 atom stereocenters. The van der Waals surface area contributed by atoms with E-state index in [-0.39, 0.29) is 41.8 Å². The van der Waals surface area contributed by atoms with Crippen molar-refractivity contribution in [3.8, 4) is 0 Å². The molecule has 0 radical (unpaired) electrons. The molecule has 1 heterocycles. The number of fused-ring (bicyclic) bond motifs is 1. The molecule has 29 heavy (non-hydrogen) atoms. The van der Waals surface area contributed by atoms with Crippen LogP contribution < -0.4 is 14.9 Å². The second-order valence-electron chi connectivity index (χ2n) is 8.40. The van der Waals surface area contributed by atoms with Gasteiger partial charge in [0.1, 0.15) is 0 Å². The molecule has 1 aromatic rings. The summed E-state index contributed by atoms with van der Waals surface area (Å²) in [7, 11) is -3.71. The van der Waals surface area contributed by atoms with E-state index in [0.29, 0.717) is 12.3 Å². The molecular formula is C21H31N3O4S. The predicted molar refractivity (Wildman–Crippen MR) is 112 cm³/mol. The molecule has 0 bridgehead atoms. The smallest absolute Gasteiger partial charge is 0.240 e. The number of carbonyl (C=O) groups excluding carboxylic acids is 2. The number of anilines is 1. The van der Waals surface area contributed by atoms with Crippen molar-refractivity contribution >= 4 is 27.5 Å². The summed E-state index contributed by atoms with van der Waals surface area (Å²) in [5, 5.41) is 3.01. The van der Waals surface area contributed by atoms with Crippen molar-refractivity contribution in [2.75, 3.05) is 11.4 Å². The molecule has 1 saturated carbocycles. The quantitative estimate of drug-likeness (QED) is 0.737. The Bertz CT molecular complexity index is 876. The fourth-order valence-corrected chi connectivity index (χ4v) is 5.42. The van der Waals surface area contributed by atoms with Crippen LogP contribution in [0.4, 0.5) is 5.69 Å². The predicted octanol–water partition coefficient (Wildman–Crippen LogP) is 2.35. The zero-order valence-corrected chi connectivity index (χ0v) is 18.2. The Kier molecular flexibility index (Phi) is 6.63. The first kappa shape index (κ1) is 21.8. The first-order valence-electron chi connectivity index (χ1n) is 10.4. The van der Waals surface area contributed by atoms with Crippen LogP contribution in [0.3, 0.4) is 0 Å². The van der Waals surface area contributed by atoms with E-state index >= 15 is 0 Å². The number of benzene rings is 1. The lowest BCUT2D eigenvalue weighted by atomic mass is 9.87. The van der Waals surface area contributed by atoms with E-state index < -0.39 is 10.0 Å². The minimum Gasteiger partial charge on any atom is -0.353 e. The Morgan fingerprint density at radius 1 is 1.14 bits per heavy atom. The molecule has 160 valence electrons. The second kappa shape index (κ2) is 8.83. The number of rotatable bonds is 6. The van der Waals surface area contributed by atoms with Gasteiger partial charge in [-0.3, -0.25) is 9.59 Å². The molecule has 1 aliphatic carbocycles. The van der Waals surface area contributed by atoms with Crippen molar-refractivity contribution in [1.82, 2.24) is 10.0 Å². The Labute approximate surface area is 173 Å². The largest absolute Gasteiger partial charge is 0.353 e. The third kappa shape index (κ3) is 5.17. The fourth-order valence-electron chi connectivity index (χ4n) is 4.34. The minimum atomic E-state index is -3.71. The lowest BCUT2D eigenvalue weighted by molar-refractivity contribution is -0.122.